The number of nitrogens with zero attached hydrogens (tertiary/aromatic N) is 1. The highest BCUT2D eigenvalue weighted by Gasteiger charge is 2.17. The summed E-state index contributed by atoms with van der Waals surface area (Å²) in [5.41, 5.74) is 2.72. The number of aromatic nitrogens is 1. The summed E-state index contributed by atoms with van der Waals surface area (Å²) >= 11 is 1.14. The number of hydrogen-bond acceptors (Lipinski definition) is 5. The molecule has 2 N–H and O–H groups in total. The zero-order valence-electron chi connectivity index (χ0n) is 15.2. The number of carbonyl (C=O) groups excluding carboxylic acids is 2. The second-order valence-corrected chi connectivity index (χ2v) is 6.94. The standard InChI is InChI=1S/C20H19N3O3S/c1-12-6-4-7-14(10-12)18(24)23-20-21-13(2)17(27-20)19(25)22-15-8-5-9-16(11-15)26-3/h4-11H,1-3H3,(H,22,25)(H,21,23,24). The molecule has 2 aromatic carbocycles. The number of benzene rings is 2. The Balaban J connectivity index is 1.73. The van der Waals surface area contributed by atoms with Crippen molar-refractivity contribution in [3.05, 3.63) is 70.2 Å². The van der Waals surface area contributed by atoms with Crippen LogP contribution >= 0.6 is 11.3 Å². The van der Waals surface area contributed by atoms with Crippen LogP contribution in [0, 0.1) is 13.8 Å². The molecule has 0 atom stereocenters. The molecule has 0 spiro atoms. The van der Waals surface area contributed by atoms with Crippen molar-refractivity contribution in [1.29, 1.82) is 0 Å². The second-order valence-electron chi connectivity index (χ2n) is 5.94. The highest BCUT2D eigenvalue weighted by atomic mass is 32.1. The van der Waals surface area contributed by atoms with E-state index in [0.717, 1.165) is 16.9 Å². The van der Waals surface area contributed by atoms with Crippen molar-refractivity contribution in [3.8, 4) is 5.75 Å². The maximum atomic E-state index is 12.6. The van der Waals surface area contributed by atoms with Crippen molar-refractivity contribution in [2.24, 2.45) is 0 Å². The van der Waals surface area contributed by atoms with Gasteiger partial charge in [0.2, 0.25) is 0 Å². The number of carbonyl (C=O) groups is 2. The first kappa shape index (κ1) is 18.6. The van der Waals surface area contributed by atoms with Crippen LogP contribution in [0.2, 0.25) is 0 Å². The van der Waals surface area contributed by atoms with Crippen molar-refractivity contribution in [3.63, 3.8) is 0 Å². The Bertz CT molecular complexity index is 998. The zero-order valence-corrected chi connectivity index (χ0v) is 16.0. The lowest BCUT2D eigenvalue weighted by atomic mass is 10.1. The van der Waals surface area contributed by atoms with E-state index in [2.05, 4.69) is 15.6 Å². The van der Waals surface area contributed by atoms with E-state index >= 15 is 0 Å². The Kier molecular flexibility index (Phi) is 5.52. The monoisotopic (exact) mass is 381 g/mol. The maximum Gasteiger partial charge on any atom is 0.267 e. The highest BCUT2D eigenvalue weighted by molar-refractivity contribution is 7.17. The van der Waals surface area contributed by atoms with Gasteiger partial charge >= 0.3 is 0 Å². The SMILES string of the molecule is COc1cccc(NC(=O)c2sc(NC(=O)c3cccc(C)c3)nc2C)c1. The summed E-state index contributed by atoms with van der Waals surface area (Å²) < 4.78 is 5.16. The second kappa shape index (κ2) is 8.01. The number of anilines is 2. The van der Waals surface area contributed by atoms with Crippen molar-refractivity contribution < 1.29 is 14.3 Å². The minimum absolute atomic E-state index is 0.257. The Hall–Kier alpha value is -3.19. The highest BCUT2D eigenvalue weighted by Crippen LogP contribution is 2.25. The molecule has 1 heterocycles. The number of amides is 2. The Morgan fingerprint density at radius 3 is 2.52 bits per heavy atom. The molecular weight excluding hydrogens is 362 g/mol. The molecule has 1 aromatic heterocycles. The molecular formula is C20H19N3O3S. The van der Waals surface area contributed by atoms with Gasteiger partial charge in [-0.05, 0) is 38.1 Å². The molecule has 2 amide bonds. The van der Waals surface area contributed by atoms with Crippen LogP contribution in [-0.4, -0.2) is 23.9 Å². The van der Waals surface area contributed by atoms with Crippen LogP contribution in [0.5, 0.6) is 5.75 Å². The van der Waals surface area contributed by atoms with Crippen LogP contribution in [0.25, 0.3) is 0 Å². The van der Waals surface area contributed by atoms with Crippen LogP contribution in [0.4, 0.5) is 10.8 Å². The Morgan fingerprint density at radius 1 is 1.00 bits per heavy atom. The summed E-state index contributed by atoms with van der Waals surface area (Å²) in [6, 6.07) is 14.4. The number of hydrogen-bond donors (Lipinski definition) is 2. The van der Waals surface area contributed by atoms with Gasteiger partial charge in [-0.1, -0.05) is 35.1 Å². The molecule has 0 radical (unpaired) electrons. The van der Waals surface area contributed by atoms with Gasteiger partial charge in [0.1, 0.15) is 10.6 Å². The first-order chi connectivity index (χ1) is 13.0. The lowest BCUT2D eigenvalue weighted by molar-refractivity contribution is 0.102. The number of rotatable bonds is 5. The van der Waals surface area contributed by atoms with Gasteiger partial charge in [0.25, 0.3) is 11.8 Å². The van der Waals surface area contributed by atoms with E-state index in [0.29, 0.717) is 32.7 Å². The third kappa shape index (κ3) is 4.51. The first-order valence-electron chi connectivity index (χ1n) is 8.27. The summed E-state index contributed by atoms with van der Waals surface area (Å²) in [5.74, 6) is 0.112. The molecule has 0 unspecified atom stereocenters. The predicted octanol–water partition coefficient (Wildman–Crippen LogP) is 4.27. The number of aryl methyl sites for hydroxylation is 2. The van der Waals surface area contributed by atoms with Crippen molar-refractivity contribution in [2.45, 2.75) is 13.8 Å². The molecule has 0 fully saturated rings. The van der Waals surface area contributed by atoms with Gasteiger partial charge in [-0.2, -0.15) is 0 Å². The lowest BCUT2D eigenvalue weighted by Gasteiger charge is -2.06. The maximum absolute atomic E-state index is 12.6. The average molecular weight is 381 g/mol. The average Bonchev–Trinajstić information content (AvgIpc) is 3.02. The van der Waals surface area contributed by atoms with Gasteiger partial charge in [-0.15, -0.1) is 0 Å². The summed E-state index contributed by atoms with van der Waals surface area (Å²) in [4.78, 5) is 29.7. The van der Waals surface area contributed by atoms with Gasteiger partial charge in [0, 0.05) is 17.3 Å². The zero-order chi connectivity index (χ0) is 19.4. The minimum atomic E-state index is -0.283. The molecule has 0 bridgehead atoms. The summed E-state index contributed by atoms with van der Waals surface area (Å²) in [5, 5.41) is 5.95. The van der Waals surface area contributed by atoms with E-state index in [4.69, 9.17) is 4.74 Å². The van der Waals surface area contributed by atoms with Crippen molar-refractivity contribution >= 4 is 34.0 Å². The van der Waals surface area contributed by atoms with Gasteiger partial charge in [-0.3, -0.25) is 14.9 Å². The molecule has 3 aromatic rings. The summed E-state index contributed by atoms with van der Waals surface area (Å²) in [6.07, 6.45) is 0. The van der Waals surface area contributed by atoms with E-state index in [1.807, 2.05) is 19.1 Å². The largest absolute Gasteiger partial charge is 0.497 e. The molecule has 0 aliphatic carbocycles. The topological polar surface area (TPSA) is 80.3 Å². The van der Waals surface area contributed by atoms with Gasteiger partial charge in [0.05, 0.1) is 12.8 Å². The fourth-order valence-electron chi connectivity index (χ4n) is 2.50. The third-order valence-corrected chi connectivity index (χ3v) is 4.90. The number of ether oxygens (including phenoxy) is 1. The molecule has 27 heavy (non-hydrogen) atoms. The Morgan fingerprint density at radius 2 is 1.78 bits per heavy atom. The molecule has 0 saturated carbocycles. The third-order valence-electron chi connectivity index (χ3n) is 3.83. The molecule has 0 aliphatic rings. The van der Waals surface area contributed by atoms with Crippen molar-refractivity contribution in [2.75, 3.05) is 17.7 Å². The van der Waals surface area contributed by atoms with Crippen LogP contribution < -0.4 is 15.4 Å². The number of thiazole rings is 1. The lowest BCUT2D eigenvalue weighted by Crippen LogP contribution is -2.11. The smallest absolute Gasteiger partial charge is 0.267 e. The number of methoxy groups -OCH3 is 1. The van der Waals surface area contributed by atoms with Crippen LogP contribution in [0.15, 0.2) is 48.5 Å². The van der Waals surface area contributed by atoms with Gasteiger partial charge in [0.15, 0.2) is 5.13 Å². The summed E-state index contributed by atoms with van der Waals surface area (Å²) in [6.45, 7) is 3.66. The minimum Gasteiger partial charge on any atom is -0.497 e. The quantitative estimate of drug-likeness (QED) is 0.691. The number of nitrogens with one attached hydrogen (secondary N) is 2. The van der Waals surface area contributed by atoms with Gasteiger partial charge < -0.3 is 10.1 Å². The van der Waals surface area contributed by atoms with Gasteiger partial charge in [-0.25, -0.2) is 4.98 Å². The van der Waals surface area contributed by atoms with E-state index in [1.54, 1.807) is 50.4 Å². The molecule has 0 aliphatic heterocycles. The molecule has 7 heteroatoms. The molecule has 3 rings (SSSR count). The van der Waals surface area contributed by atoms with E-state index in [1.165, 1.54) is 0 Å². The first-order valence-corrected chi connectivity index (χ1v) is 9.09. The van der Waals surface area contributed by atoms with Crippen molar-refractivity contribution in [1.82, 2.24) is 4.98 Å². The van der Waals surface area contributed by atoms with Crippen LogP contribution in [-0.2, 0) is 0 Å². The molecule has 6 nitrogen and oxygen atoms in total. The molecule has 138 valence electrons. The normalized spacial score (nSPS) is 10.3. The predicted molar refractivity (Wildman–Crippen MR) is 107 cm³/mol. The van der Waals surface area contributed by atoms with E-state index in [9.17, 15) is 9.59 Å². The van der Waals surface area contributed by atoms with E-state index < -0.39 is 0 Å². The van der Waals surface area contributed by atoms with Crippen LogP contribution in [0.3, 0.4) is 0 Å². The van der Waals surface area contributed by atoms with Crippen LogP contribution in [0.1, 0.15) is 31.3 Å². The summed E-state index contributed by atoms with van der Waals surface area (Å²) in [7, 11) is 1.57. The molecule has 0 saturated heterocycles. The fourth-order valence-corrected chi connectivity index (χ4v) is 3.36. The Labute approximate surface area is 161 Å². The van der Waals surface area contributed by atoms with E-state index in [-0.39, 0.29) is 11.8 Å². The fraction of sp³-hybridized carbons (Fsp3) is 0.150.